The number of aromatic nitrogens is 1. The lowest BCUT2D eigenvalue weighted by atomic mass is 9.97. The number of urea groups is 1. The molecule has 2 aliphatic rings. The standard InChI is InChI=1S/C30H24N6O2/c31-18-30(11-12-30)19-4-1-5-21(14-19)34-29(38)35-23-7-2-6-22(15-23)33-24-9-10-25-26(16-20-8-3-13-32-20)28(37)36-27(25)17-24/h1-10,13-17,32-33H,11-12H2,(H,36,37)(H2,34,35,38)/b26-16+. The maximum atomic E-state index is 12.6. The van der Waals surface area contributed by atoms with Crippen LogP contribution in [-0.4, -0.2) is 16.9 Å². The van der Waals surface area contributed by atoms with E-state index in [4.69, 9.17) is 0 Å². The van der Waals surface area contributed by atoms with Crippen molar-refractivity contribution in [2.45, 2.75) is 18.3 Å². The van der Waals surface area contributed by atoms with Crippen LogP contribution in [0, 0.1) is 11.3 Å². The predicted molar refractivity (Wildman–Crippen MR) is 149 cm³/mol. The number of fused-ring (bicyclic) bond motifs is 1. The normalized spacial score (nSPS) is 15.8. The van der Waals surface area contributed by atoms with Crippen LogP contribution in [0.15, 0.2) is 85.1 Å². The van der Waals surface area contributed by atoms with Gasteiger partial charge in [0.05, 0.1) is 22.7 Å². The molecule has 0 unspecified atom stereocenters. The van der Waals surface area contributed by atoms with Gasteiger partial charge in [-0.3, -0.25) is 4.79 Å². The Kier molecular flexibility index (Phi) is 5.66. The first kappa shape index (κ1) is 23.1. The van der Waals surface area contributed by atoms with Crippen molar-refractivity contribution < 1.29 is 9.59 Å². The topological polar surface area (TPSA) is 122 Å². The number of hydrogen-bond acceptors (Lipinski definition) is 4. The van der Waals surface area contributed by atoms with Crippen molar-refractivity contribution in [3.05, 3.63) is 102 Å². The fourth-order valence-corrected chi connectivity index (χ4v) is 4.62. The molecule has 1 aliphatic carbocycles. The van der Waals surface area contributed by atoms with Crippen LogP contribution in [0.4, 0.5) is 33.2 Å². The summed E-state index contributed by atoms with van der Waals surface area (Å²) in [4.78, 5) is 28.3. The number of nitrogens with zero attached hydrogens (tertiary/aromatic N) is 1. The monoisotopic (exact) mass is 500 g/mol. The number of amides is 3. The largest absolute Gasteiger partial charge is 0.362 e. The number of rotatable bonds is 6. The van der Waals surface area contributed by atoms with Gasteiger partial charge in [0.2, 0.25) is 0 Å². The molecule has 0 spiro atoms. The molecule has 38 heavy (non-hydrogen) atoms. The van der Waals surface area contributed by atoms with Crippen molar-refractivity contribution in [2.75, 3.05) is 21.3 Å². The molecule has 1 fully saturated rings. The van der Waals surface area contributed by atoms with E-state index in [1.54, 1.807) is 12.1 Å². The molecule has 3 amide bonds. The van der Waals surface area contributed by atoms with Crippen molar-refractivity contribution in [1.29, 1.82) is 5.26 Å². The molecule has 3 aromatic carbocycles. The number of nitriles is 1. The third-order valence-corrected chi connectivity index (χ3v) is 6.77. The average Bonchev–Trinajstić information content (AvgIpc) is 3.43. The molecule has 0 radical (unpaired) electrons. The summed E-state index contributed by atoms with van der Waals surface area (Å²) in [5, 5.41) is 21.4. The lowest BCUT2D eigenvalue weighted by molar-refractivity contribution is -0.110. The first-order chi connectivity index (χ1) is 18.5. The minimum atomic E-state index is -0.408. The Morgan fingerprint density at radius 1 is 0.895 bits per heavy atom. The highest BCUT2D eigenvalue weighted by Crippen LogP contribution is 2.48. The van der Waals surface area contributed by atoms with E-state index in [0.717, 1.165) is 46.7 Å². The van der Waals surface area contributed by atoms with E-state index in [9.17, 15) is 14.9 Å². The molecule has 5 N–H and O–H groups in total. The van der Waals surface area contributed by atoms with Crippen LogP contribution in [0.2, 0.25) is 0 Å². The van der Waals surface area contributed by atoms with Crippen LogP contribution in [0.1, 0.15) is 29.7 Å². The van der Waals surface area contributed by atoms with E-state index in [1.165, 1.54) is 0 Å². The molecule has 0 bridgehead atoms. The summed E-state index contributed by atoms with van der Waals surface area (Å²) in [6.07, 6.45) is 5.34. The summed E-state index contributed by atoms with van der Waals surface area (Å²) in [5.74, 6) is -0.144. The Balaban J connectivity index is 1.13. The van der Waals surface area contributed by atoms with E-state index in [1.807, 2.05) is 79.0 Å². The zero-order valence-corrected chi connectivity index (χ0v) is 20.3. The van der Waals surface area contributed by atoms with Gasteiger partial charge in [0.15, 0.2) is 0 Å². The summed E-state index contributed by atoms with van der Waals surface area (Å²) in [6, 6.07) is 26.3. The van der Waals surface area contributed by atoms with Gasteiger partial charge in [-0.15, -0.1) is 0 Å². The van der Waals surface area contributed by atoms with E-state index in [2.05, 4.69) is 32.3 Å². The average molecular weight is 501 g/mol. The lowest BCUT2D eigenvalue weighted by Crippen LogP contribution is -2.19. The second kappa shape index (κ2) is 9.30. The van der Waals surface area contributed by atoms with Gasteiger partial charge in [-0.05, 0) is 79.1 Å². The number of benzene rings is 3. The molecule has 1 aliphatic heterocycles. The lowest BCUT2D eigenvalue weighted by Gasteiger charge is -2.12. The fourth-order valence-electron chi connectivity index (χ4n) is 4.62. The Morgan fingerprint density at radius 2 is 1.63 bits per heavy atom. The van der Waals surface area contributed by atoms with Crippen LogP contribution < -0.4 is 21.3 Å². The third-order valence-electron chi connectivity index (χ3n) is 6.77. The number of H-pyrrole nitrogens is 1. The zero-order valence-electron chi connectivity index (χ0n) is 20.3. The van der Waals surface area contributed by atoms with Crippen LogP contribution in [0.3, 0.4) is 0 Å². The Labute approximate surface area is 219 Å². The quantitative estimate of drug-likeness (QED) is 0.195. The summed E-state index contributed by atoms with van der Waals surface area (Å²) >= 11 is 0. The van der Waals surface area contributed by atoms with E-state index < -0.39 is 5.41 Å². The maximum absolute atomic E-state index is 12.6. The molecular weight excluding hydrogens is 476 g/mol. The van der Waals surface area contributed by atoms with Crippen LogP contribution in [0.5, 0.6) is 0 Å². The molecule has 4 aromatic rings. The molecule has 2 heterocycles. The number of carbonyl (C=O) groups is 2. The van der Waals surface area contributed by atoms with Gasteiger partial charge in [-0.1, -0.05) is 24.3 Å². The molecule has 1 aromatic heterocycles. The minimum Gasteiger partial charge on any atom is -0.362 e. The van der Waals surface area contributed by atoms with Crippen LogP contribution >= 0.6 is 0 Å². The highest BCUT2D eigenvalue weighted by Gasteiger charge is 2.44. The molecule has 186 valence electrons. The van der Waals surface area contributed by atoms with Gasteiger partial charge in [-0.25, -0.2) is 4.79 Å². The fraction of sp³-hybridized carbons (Fsp3) is 0.100. The highest BCUT2D eigenvalue weighted by molar-refractivity contribution is 6.35. The molecule has 1 saturated carbocycles. The summed E-state index contributed by atoms with van der Waals surface area (Å²) in [5.41, 5.74) is 6.40. The smallest absolute Gasteiger partial charge is 0.323 e. The Morgan fingerprint density at radius 3 is 2.37 bits per heavy atom. The number of nitrogens with one attached hydrogen (secondary N) is 5. The Hall–Kier alpha value is -5.29. The van der Waals surface area contributed by atoms with Crippen molar-refractivity contribution in [1.82, 2.24) is 4.98 Å². The summed E-state index contributed by atoms with van der Waals surface area (Å²) in [6.45, 7) is 0. The number of hydrogen-bond donors (Lipinski definition) is 5. The van der Waals surface area contributed by atoms with E-state index in [0.29, 0.717) is 16.9 Å². The summed E-state index contributed by atoms with van der Waals surface area (Å²) < 4.78 is 0. The number of carbonyl (C=O) groups excluding carboxylic acids is 2. The number of aromatic amines is 1. The predicted octanol–water partition coefficient (Wildman–Crippen LogP) is 6.45. The minimum absolute atomic E-state index is 0.144. The molecule has 8 heteroatoms. The van der Waals surface area contributed by atoms with Crippen LogP contribution in [-0.2, 0) is 10.2 Å². The van der Waals surface area contributed by atoms with Gasteiger partial charge in [0, 0.05) is 40.2 Å². The van der Waals surface area contributed by atoms with Crippen molar-refractivity contribution >= 4 is 52.0 Å². The van der Waals surface area contributed by atoms with Crippen molar-refractivity contribution in [3.8, 4) is 6.07 Å². The molecule has 8 nitrogen and oxygen atoms in total. The molecular formula is C30H24N6O2. The van der Waals surface area contributed by atoms with Crippen LogP contribution in [0.25, 0.3) is 11.6 Å². The SMILES string of the molecule is N#CC1(c2cccc(NC(=O)Nc3cccc(Nc4ccc5c(c4)NC(=O)/C5=C/c4ccc[nH]4)c3)c2)CC1. The van der Waals surface area contributed by atoms with Gasteiger partial charge in [-0.2, -0.15) is 5.26 Å². The van der Waals surface area contributed by atoms with Gasteiger partial charge >= 0.3 is 6.03 Å². The zero-order chi connectivity index (χ0) is 26.1. The first-order valence-corrected chi connectivity index (χ1v) is 12.3. The second-order valence-corrected chi connectivity index (χ2v) is 9.46. The Bertz CT molecular complexity index is 1630. The highest BCUT2D eigenvalue weighted by atomic mass is 16.2. The summed E-state index contributed by atoms with van der Waals surface area (Å²) in [7, 11) is 0. The number of anilines is 5. The molecule has 6 rings (SSSR count). The maximum Gasteiger partial charge on any atom is 0.323 e. The van der Waals surface area contributed by atoms with E-state index in [-0.39, 0.29) is 11.9 Å². The molecule has 0 saturated heterocycles. The van der Waals surface area contributed by atoms with Gasteiger partial charge < -0.3 is 26.3 Å². The first-order valence-electron chi connectivity index (χ1n) is 12.3. The van der Waals surface area contributed by atoms with Gasteiger partial charge in [0.1, 0.15) is 0 Å². The molecule has 0 atom stereocenters. The second-order valence-electron chi connectivity index (χ2n) is 9.46. The van der Waals surface area contributed by atoms with Crippen molar-refractivity contribution in [2.24, 2.45) is 0 Å². The van der Waals surface area contributed by atoms with E-state index >= 15 is 0 Å². The third kappa shape index (κ3) is 4.61. The van der Waals surface area contributed by atoms with Crippen molar-refractivity contribution in [3.63, 3.8) is 0 Å². The van der Waals surface area contributed by atoms with Gasteiger partial charge in [0.25, 0.3) is 5.91 Å².